The molecule has 3 rings (SSSR count). The van der Waals surface area contributed by atoms with Crippen molar-refractivity contribution in [2.45, 2.75) is 24.9 Å². The van der Waals surface area contributed by atoms with E-state index in [-0.39, 0.29) is 5.82 Å². The number of aromatic nitrogens is 2. The Morgan fingerprint density at radius 1 is 1.27 bits per heavy atom. The summed E-state index contributed by atoms with van der Waals surface area (Å²) in [7, 11) is 1.94. The van der Waals surface area contributed by atoms with E-state index in [1.54, 1.807) is 12.1 Å². The third kappa shape index (κ3) is 3.54. The van der Waals surface area contributed by atoms with Crippen molar-refractivity contribution >= 4 is 0 Å². The predicted octanol–water partition coefficient (Wildman–Crippen LogP) is 2.47. The molecule has 0 spiro atoms. The molecule has 1 aromatic carbocycles. The number of benzene rings is 1. The van der Waals surface area contributed by atoms with Crippen LogP contribution in [0.2, 0.25) is 0 Å². The van der Waals surface area contributed by atoms with Crippen molar-refractivity contribution in [3.8, 4) is 0 Å². The largest absolute Gasteiger partial charge is 0.387 e. The maximum atomic E-state index is 12.9. The van der Waals surface area contributed by atoms with Gasteiger partial charge in [-0.3, -0.25) is 4.68 Å². The van der Waals surface area contributed by atoms with Gasteiger partial charge in [0.25, 0.3) is 0 Å². The van der Waals surface area contributed by atoms with Crippen LogP contribution in [0.25, 0.3) is 0 Å². The van der Waals surface area contributed by atoms with Crippen LogP contribution in [0.3, 0.4) is 0 Å². The van der Waals surface area contributed by atoms with Crippen LogP contribution in [0.4, 0.5) is 4.39 Å². The highest BCUT2D eigenvalue weighted by Crippen LogP contribution is 2.28. The van der Waals surface area contributed by atoms with E-state index in [1.165, 1.54) is 17.7 Å². The molecule has 0 amide bonds. The molecule has 118 valence electrons. The van der Waals surface area contributed by atoms with Gasteiger partial charge in [0, 0.05) is 19.8 Å². The first-order valence-corrected chi connectivity index (χ1v) is 7.76. The maximum absolute atomic E-state index is 12.9. The van der Waals surface area contributed by atoms with Gasteiger partial charge >= 0.3 is 0 Å². The molecule has 0 radical (unpaired) electrons. The van der Waals surface area contributed by atoms with Crippen molar-refractivity contribution in [1.82, 2.24) is 14.7 Å². The highest BCUT2D eigenvalue weighted by atomic mass is 19.1. The second-order valence-electron chi connectivity index (χ2n) is 6.09. The average Bonchev–Trinajstić information content (AvgIpc) is 2.95. The molecule has 1 aliphatic rings. The maximum Gasteiger partial charge on any atom is 0.123 e. The van der Waals surface area contributed by atoms with Crippen molar-refractivity contribution in [3.05, 3.63) is 53.6 Å². The minimum Gasteiger partial charge on any atom is -0.387 e. The summed E-state index contributed by atoms with van der Waals surface area (Å²) in [6.07, 6.45) is 5.65. The molecule has 1 saturated heterocycles. The smallest absolute Gasteiger partial charge is 0.123 e. The average molecular weight is 303 g/mol. The van der Waals surface area contributed by atoms with Gasteiger partial charge in [0.15, 0.2) is 0 Å². The van der Waals surface area contributed by atoms with Gasteiger partial charge in [-0.2, -0.15) is 5.10 Å². The number of hydrogen-bond acceptors (Lipinski definition) is 3. The molecule has 1 aromatic heterocycles. The van der Waals surface area contributed by atoms with Crippen molar-refractivity contribution in [3.63, 3.8) is 0 Å². The fraction of sp³-hybridized carbons (Fsp3) is 0.471. The number of aliphatic hydroxyl groups excluding tert-OH is 1. The molecule has 2 heterocycles. The number of aryl methyl sites for hydroxylation is 1. The highest BCUT2D eigenvalue weighted by Gasteiger charge is 2.23. The zero-order valence-electron chi connectivity index (χ0n) is 12.8. The molecule has 0 aliphatic carbocycles. The Balaban J connectivity index is 1.52. The second-order valence-corrected chi connectivity index (χ2v) is 6.09. The number of likely N-dealkylation sites (tertiary alicyclic amines) is 1. The molecular formula is C17H22FN3O. The number of halogens is 1. The molecule has 1 fully saturated rings. The molecule has 22 heavy (non-hydrogen) atoms. The lowest BCUT2D eigenvalue weighted by Gasteiger charge is -2.32. The minimum atomic E-state index is -0.560. The lowest BCUT2D eigenvalue weighted by Crippen LogP contribution is -2.36. The minimum absolute atomic E-state index is 0.270. The Morgan fingerprint density at radius 3 is 2.55 bits per heavy atom. The van der Waals surface area contributed by atoms with E-state index in [9.17, 15) is 9.50 Å². The Kier molecular flexibility index (Phi) is 4.55. The third-order valence-electron chi connectivity index (χ3n) is 4.47. The third-order valence-corrected chi connectivity index (χ3v) is 4.47. The van der Waals surface area contributed by atoms with Crippen LogP contribution < -0.4 is 0 Å². The summed E-state index contributed by atoms with van der Waals surface area (Å²) in [5, 5.41) is 14.5. The summed E-state index contributed by atoms with van der Waals surface area (Å²) in [6, 6.07) is 6.10. The van der Waals surface area contributed by atoms with E-state index in [2.05, 4.69) is 16.2 Å². The predicted molar refractivity (Wildman–Crippen MR) is 83.0 cm³/mol. The number of piperidine rings is 1. The molecule has 5 heteroatoms. The van der Waals surface area contributed by atoms with Gasteiger partial charge in [0.05, 0.1) is 12.3 Å². The monoisotopic (exact) mass is 303 g/mol. The highest BCUT2D eigenvalue weighted by molar-refractivity contribution is 5.19. The molecular weight excluding hydrogens is 281 g/mol. The molecule has 1 aliphatic heterocycles. The lowest BCUT2D eigenvalue weighted by atomic mass is 9.91. The summed E-state index contributed by atoms with van der Waals surface area (Å²) in [5.74, 6) is 0.293. The zero-order chi connectivity index (χ0) is 15.5. The fourth-order valence-corrected chi connectivity index (χ4v) is 3.13. The Bertz CT molecular complexity index is 603. The zero-order valence-corrected chi connectivity index (χ0v) is 12.8. The normalized spacial score (nSPS) is 18.5. The summed E-state index contributed by atoms with van der Waals surface area (Å²) in [4.78, 5) is 2.28. The van der Waals surface area contributed by atoms with Gasteiger partial charge in [-0.1, -0.05) is 12.1 Å². The Hall–Kier alpha value is -1.72. The number of hydrogen-bond donors (Lipinski definition) is 1. The van der Waals surface area contributed by atoms with Gasteiger partial charge in [-0.25, -0.2) is 4.39 Å². The van der Waals surface area contributed by atoms with E-state index in [4.69, 9.17) is 0 Å². The van der Waals surface area contributed by atoms with Gasteiger partial charge in [0.1, 0.15) is 5.82 Å². The summed E-state index contributed by atoms with van der Waals surface area (Å²) >= 11 is 0. The van der Waals surface area contributed by atoms with Gasteiger partial charge in [-0.05, 0) is 55.1 Å². The first-order valence-electron chi connectivity index (χ1n) is 7.76. The molecule has 1 atom stereocenters. The van der Waals surface area contributed by atoms with Crippen molar-refractivity contribution in [2.75, 3.05) is 19.6 Å². The summed E-state index contributed by atoms with van der Waals surface area (Å²) < 4.78 is 14.8. The molecule has 0 saturated carbocycles. The Morgan fingerprint density at radius 2 is 1.95 bits per heavy atom. The van der Waals surface area contributed by atoms with Crippen LogP contribution in [0, 0.1) is 5.82 Å². The quantitative estimate of drug-likeness (QED) is 0.943. The van der Waals surface area contributed by atoms with E-state index in [0.717, 1.165) is 31.5 Å². The second kappa shape index (κ2) is 6.58. The Labute approximate surface area is 130 Å². The van der Waals surface area contributed by atoms with E-state index < -0.39 is 6.10 Å². The van der Waals surface area contributed by atoms with Gasteiger partial charge in [0.2, 0.25) is 0 Å². The summed E-state index contributed by atoms with van der Waals surface area (Å²) in [5.41, 5.74) is 2.08. The lowest BCUT2D eigenvalue weighted by molar-refractivity contribution is 0.0972. The molecule has 2 aromatic rings. The van der Waals surface area contributed by atoms with Crippen LogP contribution in [0.1, 0.15) is 36.0 Å². The topological polar surface area (TPSA) is 41.3 Å². The first-order chi connectivity index (χ1) is 10.6. The SMILES string of the molecule is Cn1cc(C2CCN(C[C@@H](O)c3ccc(F)cc3)CC2)cn1. The standard InChI is InChI=1S/C17H22FN3O/c1-20-11-15(10-19-20)13-6-8-21(9-7-13)12-17(22)14-2-4-16(18)5-3-14/h2-5,10-11,13,17,22H,6-9,12H2,1H3/t17-/m1/s1. The van der Waals surface area contributed by atoms with Crippen molar-refractivity contribution in [2.24, 2.45) is 7.05 Å². The molecule has 1 N–H and O–H groups in total. The molecule has 4 nitrogen and oxygen atoms in total. The van der Waals surface area contributed by atoms with Crippen LogP contribution >= 0.6 is 0 Å². The molecule has 0 bridgehead atoms. The van der Waals surface area contributed by atoms with Crippen molar-refractivity contribution < 1.29 is 9.50 Å². The van der Waals surface area contributed by atoms with Gasteiger partial charge < -0.3 is 10.0 Å². The summed E-state index contributed by atoms with van der Waals surface area (Å²) in [6.45, 7) is 2.54. The van der Waals surface area contributed by atoms with Crippen LogP contribution in [-0.4, -0.2) is 39.4 Å². The van der Waals surface area contributed by atoms with Crippen LogP contribution in [0.5, 0.6) is 0 Å². The van der Waals surface area contributed by atoms with Crippen LogP contribution in [-0.2, 0) is 7.05 Å². The van der Waals surface area contributed by atoms with E-state index >= 15 is 0 Å². The first kappa shape index (κ1) is 15.2. The van der Waals surface area contributed by atoms with Crippen LogP contribution in [0.15, 0.2) is 36.7 Å². The number of aliphatic hydroxyl groups is 1. The molecule has 0 unspecified atom stereocenters. The van der Waals surface area contributed by atoms with Gasteiger partial charge in [-0.15, -0.1) is 0 Å². The van der Waals surface area contributed by atoms with E-state index in [0.29, 0.717) is 12.5 Å². The number of β-amino-alcohol motifs (C(OH)–C–C–N with tert-alkyl or cyclic N) is 1. The van der Waals surface area contributed by atoms with E-state index in [1.807, 2.05) is 17.9 Å². The van der Waals surface area contributed by atoms with Crippen molar-refractivity contribution in [1.29, 1.82) is 0 Å². The number of rotatable bonds is 4. The fourth-order valence-electron chi connectivity index (χ4n) is 3.13. The number of nitrogens with zero attached hydrogens (tertiary/aromatic N) is 3.